The lowest BCUT2D eigenvalue weighted by Crippen LogP contribution is -2.20. The van der Waals surface area contributed by atoms with Crippen molar-refractivity contribution in [1.82, 2.24) is 19.7 Å². The number of rotatable bonds is 2. The first-order valence-electron chi connectivity index (χ1n) is 6.19. The third kappa shape index (κ3) is 2.47. The first-order chi connectivity index (χ1) is 9.20. The van der Waals surface area contributed by atoms with E-state index in [1.165, 1.54) is 17.1 Å². The number of primary amides is 1. The SMILES string of the molecule is Cc1c(N)nc(C(C)(C)C)nc1-n1cc(C(N)=O)cn1. The van der Waals surface area contributed by atoms with E-state index in [2.05, 4.69) is 15.1 Å². The number of carbonyl (C=O) groups is 1. The predicted octanol–water partition coefficient (Wildman–Crippen LogP) is 0.949. The molecule has 2 rings (SSSR count). The van der Waals surface area contributed by atoms with E-state index in [0.29, 0.717) is 28.6 Å². The Morgan fingerprint density at radius 2 is 1.95 bits per heavy atom. The number of nitrogens with two attached hydrogens (primary N) is 2. The highest BCUT2D eigenvalue weighted by molar-refractivity contribution is 5.92. The van der Waals surface area contributed by atoms with Gasteiger partial charge < -0.3 is 11.5 Å². The molecule has 7 nitrogen and oxygen atoms in total. The molecule has 2 heterocycles. The second-order valence-corrected chi connectivity index (χ2v) is 5.67. The number of amides is 1. The van der Waals surface area contributed by atoms with Gasteiger partial charge >= 0.3 is 0 Å². The second kappa shape index (κ2) is 4.59. The molecule has 7 heteroatoms. The molecule has 0 spiro atoms. The highest BCUT2D eigenvalue weighted by atomic mass is 16.1. The van der Waals surface area contributed by atoms with Crippen LogP contribution >= 0.6 is 0 Å². The molecule has 0 atom stereocenters. The first kappa shape index (κ1) is 14.0. The summed E-state index contributed by atoms with van der Waals surface area (Å²) in [6, 6.07) is 0. The minimum atomic E-state index is -0.535. The van der Waals surface area contributed by atoms with Crippen molar-refractivity contribution in [3.63, 3.8) is 0 Å². The summed E-state index contributed by atoms with van der Waals surface area (Å²) in [5, 5.41) is 4.10. The fraction of sp³-hybridized carbons (Fsp3) is 0.385. The van der Waals surface area contributed by atoms with Crippen LogP contribution in [0.5, 0.6) is 0 Å². The minimum absolute atomic E-state index is 0.240. The number of nitrogens with zero attached hydrogens (tertiary/aromatic N) is 4. The maximum absolute atomic E-state index is 11.1. The molecule has 2 aromatic heterocycles. The lowest BCUT2D eigenvalue weighted by Gasteiger charge is -2.19. The van der Waals surface area contributed by atoms with Crippen molar-refractivity contribution in [1.29, 1.82) is 0 Å². The molecule has 0 aliphatic rings. The smallest absolute Gasteiger partial charge is 0.251 e. The van der Waals surface area contributed by atoms with Gasteiger partial charge in [0.15, 0.2) is 5.82 Å². The summed E-state index contributed by atoms with van der Waals surface area (Å²) in [5.41, 5.74) is 11.9. The molecule has 0 aromatic carbocycles. The van der Waals surface area contributed by atoms with E-state index in [1.807, 2.05) is 27.7 Å². The molecule has 4 N–H and O–H groups in total. The predicted molar refractivity (Wildman–Crippen MR) is 75.5 cm³/mol. The molecular formula is C13H18N6O. The number of hydrogen-bond donors (Lipinski definition) is 2. The van der Waals surface area contributed by atoms with Crippen LogP contribution in [0.1, 0.15) is 42.5 Å². The minimum Gasteiger partial charge on any atom is -0.383 e. The van der Waals surface area contributed by atoms with Gasteiger partial charge in [0, 0.05) is 17.2 Å². The fourth-order valence-corrected chi connectivity index (χ4v) is 1.65. The van der Waals surface area contributed by atoms with E-state index >= 15 is 0 Å². The summed E-state index contributed by atoms with van der Waals surface area (Å²) in [7, 11) is 0. The van der Waals surface area contributed by atoms with Gasteiger partial charge in [0.2, 0.25) is 0 Å². The number of carbonyl (C=O) groups excluding carboxylic acids is 1. The summed E-state index contributed by atoms with van der Waals surface area (Å²) >= 11 is 0. The monoisotopic (exact) mass is 274 g/mol. The van der Waals surface area contributed by atoms with Crippen LogP contribution in [0.4, 0.5) is 5.82 Å². The topological polar surface area (TPSA) is 113 Å². The fourth-order valence-electron chi connectivity index (χ4n) is 1.65. The number of anilines is 1. The number of nitrogen functional groups attached to an aromatic ring is 1. The molecule has 0 saturated carbocycles. The van der Waals surface area contributed by atoms with Crippen molar-refractivity contribution >= 4 is 11.7 Å². The van der Waals surface area contributed by atoms with E-state index in [-0.39, 0.29) is 5.41 Å². The van der Waals surface area contributed by atoms with E-state index < -0.39 is 5.91 Å². The van der Waals surface area contributed by atoms with E-state index in [4.69, 9.17) is 11.5 Å². The Bertz CT molecular complexity index is 668. The molecule has 0 bridgehead atoms. The van der Waals surface area contributed by atoms with Gasteiger partial charge in [-0.1, -0.05) is 20.8 Å². The molecule has 0 aliphatic carbocycles. The zero-order valence-corrected chi connectivity index (χ0v) is 12.0. The summed E-state index contributed by atoms with van der Waals surface area (Å²) < 4.78 is 1.49. The third-order valence-electron chi connectivity index (χ3n) is 2.91. The molecule has 2 aromatic rings. The van der Waals surface area contributed by atoms with Crippen molar-refractivity contribution in [2.24, 2.45) is 5.73 Å². The number of aromatic nitrogens is 4. The van der Waals surface area contributed by atoms with Gasteiger partial charge in [0.25, 0.3) is 5.91 Å². The molecule has 0 saturated heterocycles. The molecule has 0 fully saturated rings. The molecule has 0 unspecified atom stereocenters. The van der Waals surface area contributed by atoms with Gasteiger partial charge in [-0.25, -0.2) is 14.6 Å². The molecule has 0 aliphatic heterocycles. The number of hydrogen-bond acceptors (Lipinski definition) is 5. The van der Waals surface area contributed by atoms with Gasteiger partial charge in [-0.05, 0) is 6.92 Å². The lowest BCUT2D eigenvalue weighted by molar-refractivity contribution is 0.100. The largest absolute Gasteiger partial charge is 0.383 e. The standard InChI is InChI=1S/C13H18N6O/c1-7-9(14)17-12(13(2,3)4)18-11(7)19-6-8(5-16-19)10(15)20/h5-6H,1-4H3,(H2,15,20)(H2,14,17,18). The Kier molecular flexibility index (Phi) is 3.21. The molecule has 20 heavy (non-hydrogen) atoms. The van der Waals surface area contributed by atoms with Crippen LogP contribution in [0.2, 0.25) is 0 Å². The van der Waals surface area contributed by atoms with E-state index in [0.717, 1.165) is 0 Å². The van der Waals surface area contributed by atoms with Crippen LogP contribution in [-0.2, 0) is 5.41 Å². The van der Waals surface area contributed by atoms with Gasteiger partial charge in [0.1, 0.15) is 11.6 Å². The maximum Gasteiger partial charge on any atom is 0.251 e. The summed E-state index contributed by atoms with van der Waals surface area (Å²) in [6.45, 7) is 7.80. The highest BCUT2D eigenvalue weighted by Gasteiger charge is 2.21. The zero-order valence-electron chi connectivity index (χ0n) is 12.0. The first-order valence-corrected chi connectivity index (χ1v) is 6.19. The van der Waals surface area contributed by atoms with Crippen molar-refractivity contribution in [2.75, 3.05) is 5.73 Å². The van der Waals surface area contributed by atoms with Gasteiger partial charge in [-0.3, -0.25) is 4.79 Å². The van der Waals surface area contributed by atoms with E-state index in [1.54, 1.807) is 0 Å². The molecule has 1 amide bonds. The van der Waals surface area contributed by atoms with Gasteiger partial charge in [-0.15, -0.1) is 0 Å². The lowest BCUT2D eigenvalue weighted by atomic mass is 9.95. The Labute approximate surface area is 117 Å². The summed E-state index contributed by atoms with van der Waals surface area (Å²) in [4.78, 5) is 19.9. The second-order valence-electron chi connectivity index (χ2n) is 5.67. The van der Waals surface area contributed by atoms with Crippen LogP contribution in [0.25, 0.3) is 5.82 Å². The maximum atomic E-state index is 11.1. The van der Waals surface area contributed by atoms with Crippen molar-refractivity contribution < 1.29 is 4.79 Å². The van der Waals surface area contributed by atoms with Gasteiger partial charge in [0.05, 0.1) is 11.8 Å². The van der Waals surface area contributed by atoms with Crippen molar-refractivity contribution in [3.8, 4) is 5.82 Å². The van der Waals surface area contributed by atoms with Gasteiger partial charge in [-0.2, -0.15) is 5.10 Å². The van der Waals surface area contributed by atoms with Crippen molar-refractivity contribution in [2.45, 2.75) is 33.1 Å². The average Bonchev–Trinajstić information content (AvgIpc) is 2.80. The van der Waals surface area contributed by atoms with E-state index in [9.17, 15) is 4.79 Å². The van der Waals surface area contributed by atoms with Crippen LogP contribution in [0.15, 0.2) is 12.4 Å². The molecule has 106 valence electrons. The highest BCUT2D eigenvalue weighted by Crippen LogP contribution is 2.23. The van der Waals surface area contributed by atoms with Crippen LogP contribution in [-0.4, -0.2) is 25.7 Å². The average molecular weight is 274 g/mol. The third-order valence-corrected chi connectivity index (χ3v) is 2.91. The van der Waals surface area contributed by atoms with Crippen LogP contribution in [0, 0.1) is 6.92 Å². The summed E-state index contributed by atoms with van der Waals surface area (Å²) in [5.74, 6) is 1.03. The summed E-state index contributed by atoms with van der Waals surface area (Å²) in [6.07, 6.45) is 2.93. The zero-order chi connectivity index (χ0) is 15.1. The molecule has 0 radical (unpaired) electrons. The Balaban J connectivity index is 2.60. The van der Waals surface area contributed by atoms with Crippen LogP contribution in [0.3, 0.4) is 0 Å². The Morgan fingerprint density at radius 1 is 1.30 bits per heavy atom. The Morgan fingerprint density at radius 3 is 2.45 bits per heavy atom. The van der Waals surface area contributed by atoms with Crippen LogP contribution < -0.4 is 11.5 Å². The normalized spacial score (nSPS) is 11.6. The van der Waals surface area contributed by atoms with Crippen molar-refractivity contribution in [3.05, 3.63) is 29.3 Å². The molecular weight excluding hydrogens is 256 g/mol. The Hall–Kier alpha value is -2.44. The quantitative estimate of drug-likeness (QED) is 0.846.